The first-order valence-electron chi connectivity index (χ1n) is 12.2. The number of halogens is 1. The molecule has 1 saturated heterocycles. The zero-order valence-electron chi connectivity index (χ0n) is 20.3. The van der Waals surface area contributed by atoms with Crippen LogP contribution in [-0.2, 0) is 6.54 Å². The van der Waals surface area contributed by atoms with Gasteiger partial charge in [0.15, 0.2) is 10.8 Å². The molecule has 0 aliphatic carbocycles. The number of hydrogen-bond donors (Lipinski definition) is 1. The van der Waals surface area contributed by atoms with Crippen LogP contribution in [-0.4, -0.2) is 56.2 Å². The van der Waals surface area contributed by atoms with Gasteiger partial charge in [-0.1, -0.05) is 53.6 Å². The fraction of sp³-hybridized carbons (Fsp3) is 0.400. The first-order valence-corrected chi connectivity index (χ1v) is 13.5. The molecule has 1 fully saturated rings. The van der Waals surface area contributed by atoms with Crippen molar-refractivity contribution in [3.63, 3.8) is 0 Å². The summed E-state index contributed by atoms with van der Waals surface area (Å²) < 4.78 is 7.17. The lowest BCUT2D eigenvalue weighted by Gasteiger charge is -2.28. The molecule has 0 saturated carbocycles. The number of amides is 1. The van der Waals surface area contributed by atoms with Crippen molar-refractivity contribution in [2.24, 2.45) is 0 Å². The highest BCUT2D eigenvalue weighted by Crippen LogP contribution is 2.31. The Morgan fingerprint density at radius 1 is 1.19 bits per heavy atom. The van der Waals surface area contributed by atoms with Crippen molar-refractivity contribution in [2.75, 3.05) is 30.3 Å². The van der Waals surface area contributed by atoms with Gasteiger partial charge < -0.3 is 14.7 Å². The average Bonchev–Trinajstić information content (AvgIpc) is 3.48. The smallest absolute Gasteiger partial charge is 0.257 e. The van der Waals surface area contributed by atoms with Gasteiger partial charge >= 0.3 is 0 Å². The predicted molar refractivity (Wildman–Crippen MR) is 142 cm³/mol. The van der Waals surface area contributed by atoms with Crippen LogP contribution in [0.25, 0.3) is 22.3 Å². The molecular formula is C25H28ClN7O2S. The van der Waals surface area contributed by atoms with E-state index in [1.165, 1.54) is 19.3 Å². The van der Waals surface area contributed by atoms with E-state index in [0.29, 0.717) is 40.7 Å². The number of benzene rings is 1. The number of aryl methyl sites for hydroxylation is 1. The standard InChI is InChI=1S/C25H28ClN7O2S/c1-3-36-25-29-22(32-12-7-4-8-13-32)18-15-28-33(23(18)30-25)14-11-27-24(34)20-16(2)35-31-21(20)17-9-5-6-10-19(17)26/h5-6,9-10,15H,3-4,7-8,11-14H2,1-2H3,(H,27,34). The number of fused-ring (bicyclic) bond motifs is 1. The predicted octanol–water partition coefficient (Wildman–Crippen LogP) is 4.98. The number of nitrogens with one attached hydrogen (secondary N) is 1. The fourth-order valence-corrected chi connectivity index (χ4v) is 5.25. The molecule has 1 aliphatic rings. The Labute approximate surface area is 218 Å². The Hall–Kier alpha value is -3.11. The van der Waals surface area contributed by atoms with E-state index in [2.05, 4.69) is 27.4 Å². The summed E-state index contributed by atoms with van der Waals surface area (Å²) in [5.41, 5.74) is 2.25. The molecule has 1 amide bonds. The lowest BCUT2D eigenvalue weighted by atomic mass is 10.1. The van der Waals surface area contributed by atoms with Crippen LogP contribution in [0.2, 0.25) is 5.02 Å². The van der Waals surface area contributed by atoms with E-state index in [9.17, 15) is 4.79 Å². The highest BCUT2D eigenvalue weighted by Gasteiger charge is 2.23. The molecule has 1 aliphatic heterocycles. The molecule has 3 aromatic heterocycles. The molecule has 0 unspecified atom stereocenters. The molecule has 188 valence electrons. The number of carbonyl (C=O) groups excluding carboxylic acids is 1. The van der Waals surface area contributed by atoms with E-state index in [-0.39, 0.29) is 5.91 Å². The molecule has 11 heteroatoms. The van der Waals surface area contributed by atoms with Gasteiger partial charge in [0.1, 0.15) is 22.8 Å². The summed E-state index contributed by atoms with van der Waals surface area (Å²) in [7, 11) is 0. The zero-order valence-corrected chi connectivity index (χ0v) is 21.9. The number of piperidine rings is 1. The Balaban J connectivity index is 1.35. The Morgan fingerprint density at radius 3 is 2.78 bits per heavy atom. The largest absolute Gasteiger partial charge is 0.360 e. The first-order chi connectivity index (χ1) is 17.6. The van der Waals surface area contributed by atoms with Gasteiger partial charge in [-0.05, 0) is 38.0 Å². The van der Waals surface area contributed by atoms with Crippen LogP contribution in [0.1, 0.15) is 42.3 Å². The Bertz CT molecular complexity index is 1380. The molecule has 0 bridgehead atoms. The van der Waals surface area contributed by atoms with Gasteiger partial charge in [-0.3, -0.25) is 4.79 Å². The van der Waals surface area contributed by atoms with E-state index < -0.39 is 0 Å². The highest BCUT2D eigenvalue weighted by atomic mass is 35.5. The number of anilines is 1. The van der Waals surface area contributed by atoms with Gasteiger partial charge in [0.2, 0.25) is 0 Å². The molecule has 4 heterocycles. The normalized spacial score (nSPS) is 13.9. The maximum atomic E-state index is 13.1. The number of carbonyl (C=O) groups is 1. The minimum atomic E-state index is -0.272. The van der Waals surface area contributed by atoms with Crippen LogP contribution >= 0.6 is 23.4 Å². The minimum absolute atomic E-state index is 0.272. The molecule has 4 aromatic rings. The van der Waals surface area contributed by atoms with Crippen molar-refractivity contribution in [2.45, 2.75) is 44.8 Å². The number of hydrogen-bond acceptors (Lipinski definition) is 8. The van der Waals surface area contributed by atoms with Crippen LogP contribution in [0.3, 0.4) is 0 Å². The van der Waals surface area contributed by atoms with Crippen LogP contribution in [0.5, 0.6) is 0 Å². The van der Waals surface area contributed by atoms with Crippen LogP contribution < -0.4 is 10.2 Å². The molecule has 5 rings (SSSR count). The molecule has 36 heavy (non-hydrogen) atoms. The van der Waals surface area contributed by atoms with Crippen LogP contribution in [0, 0.1) is 6.92 Å². The summed E-state index contributed by atoms with van der Waals surface area (Å²) in [6.45, 7) is 6.63. The van der Waals surface area contributed by atoms with Crippen molar-refractivity contribution in [1.82, 2.24) is 30.2 Å². The molecule has 0 spiro atoms. The van der Waals surface area contributed by atoms with Crippen LogP contribution in [0.15, 0.2) is 40.1 Å². The Kier molecular flexibility index (Phi) is 7.43. The minimum Gasteiger partial charge on any atom is -0.360 e. The van der Waals surface area contributed by atoms with Crippen molar-refractivity contribution < 1.29 is 9.32 Å². The third-order valence-corrected chi connectivity index (χ3v) is 7.27. The van der Waals surface area contributed by atoms with E-state index >= 15 is 0 Å². The third kappa shape index (κ3) is 4.92. The quantitative estimate of drug-likeness (QED) is 0.254. The summed E-state index contributed by atoms with van der Waals surface area (Å²) in [4.78, 5) is 25.1. The van der Waals surface area contributed by atoms with Crippen molar-refractivity contribution in [3.05, 3.63) is 46.8 Å². The summed E-state index contributed by atoms with van der Waals surface area (Å²) in [5, 5.41) is 13.8. The summed E-state index contributed by atoms with van der Waals surface area (Å²) >= 11 is 7.96. The first kappa shape index (κ1) is 24.6. The molecule has 1 N–H and O–H groups in total. The zero-order chi connectivity index (χ0) is 25.1. The van der Waals surface area contributed by atoms with E-state index in [1.54, 1.807) is 24.8 Å². The lowest BCUT2D eigenvalue weighted by molar-refractivity contribution is 0.0951. The molecule has 9 nitrogen and oxygen atoms in total. The monoisotopic (exact) mass is 525 g/mol. The van der Waals surface area contributed by atoms with Gasteiger partial charge in [-0.2, -0.15) is 5.10 Å². The van der Waals surface area contributed by atoms with Gasteiger partial charge in [0, 0.05) is 25.2 Å². The topological polar surface area (TPSA) is 102 Å². The van der Waals surface area contributed by atoms with Gasteiger partial charge in [0.25, 0.3) is 5.91 Å². The van der Waals surface area contributed by atoms with E-state index in [4.69, 9.17) is 26.1 Å². The van der Waals surface area contributed by atoms with Gasteiger partial charge in [0.05, 0.1) is 23.2 Å². The number of nitrogens with zero attached hydrogens (tertiary/aromatic N) is 6. The number of rotatable bonds is 8. The van der Waals surface area contributed by atoms with Crippen molar-refractivity contribution in [1.29, 1.82) is 0 Å². The fourth-order valence-electron chi connectivity index (χ4n) is 4.47. The third-order valence-electron chi connectivity index (χ3n) is 6.21. The summed E-state index contributed by atoms with van der Waals surface area (Å²) in [6, 6.07) is 7.26. The maximum absolute atomic E-state index is 13.1. The number of aromatic nitrogens is 5. The molecule has 0 radical (unpaired) electrons. The van der Waals surface area contributed by atoms with Gasteiger partial charge in [-0.25, -0.2) is 14.6 Å². The molecular weight excluding hydrogens is 498 g/mol. The summed E-state index contributed by atoms with van der Waals surface area (Å²) in [5.74, 6) is 2.01. The van der Waals surface area contributed by atoms with Crippen LogP contribution in [0.4, 0.5) is 5.82 Å². The Morgan fingerprint density at radius 2 is 2.00 bits per heavy atom. The van der Waals surface area contributed by atoms with Crippen molar-refractivity contribution in [3.8, 4) is 11.3 Å². The maximum Gasteiger partial charge on any atom is 0.257 e. The molecule has 1 aromatic carbocycles. The SMILES string of the molecule is CCSc1nc(N2CCCCC2)c2cnn(CCNC(=O)c3c(-c4ccccc4Cl)noc3C)c2n1. The second-order valence-corrected chi connectivity index (χ2v) is 10.3. The van der Waals surface area contributed by atoms with E-state index in [1.807, 2.05) is 29.1 Å². The number of thioether (sulfide) groups is 1. The highest BCUT2D eigenvalue weighted by molar-refractivity contribution is 7.99. The second-order valence-electron chi connectivity index (χ2n) is 8.61. The van der Waals surface area contributed by atoms with E-state index in [0.717, 1.165) is 40.9 Å². The summed E-state index contributed by atoms with van der Waals surface area (Å²) in [6.07, 6.45) is 5.42. The second kappa shape index (κ2) is 10.9. The molecule has 0 atom stereocenters. The van der Waals surface area contributed by atoms with Crippen molar-refractivity contribution >= 4 is 46.1 Å². The lowest BCUT2D eigenvalue weighted by Crippen LogP contribution is -2.30. The average molecular weight is 526 g/mol. The van der Waals surface area contributed by atoms with Gasteiger partial charge in [-0.15, -0.1) is 0 Å².